The Morgan fingerprint density at radius 2 is 1.81 bits per heavy atom. The Hall–Kier alpha value is -2.29. The number of halogens is 6. The number of aromatic nitrogens is 1. The molecule has 1 aromatic rings. The average molecular weight is 530 g/mol. The van der Waals surface area contributed by atoms with Crippen LogP contribution in [0.1, 0.15) is 68.7 Å². The van der Waals surface area contributed by atoms with Gasteiger partial charge in [0.25, 0.3) is 0 Å². The SMILES string of the molecule is C=C/C(=C\C(=C/CC(F)(F)F)CNCc1cc2c(nc1N(CC)CC1CCCC1)CCCC2)C(F)(F)F. The van der Waals surface area contributed by atoms with Crippen molar-refractivity contribution in [2.45, 2.75) is 83.6 Å². The van der Waals surface area contributed by atoms with Crippen LogP contribution in [0.25, 0.3) is 0 Å². The fraction of sp³-hybridized carbons (Fsp3) is 0.607. The lowest BCUT2D eigenvalue weighted by molar-refractivity contribution is -0.125. The predicted octanol–water partition coefficient (Wildman–Crippen LogP) is 7.62. The first-order valence-electron chi connectivity index (χ1n) is 13.1. The molecule has 0 unspecified atom stereocenters. The number of rotatable bonds is 11. The molecule has 0 aromatic carbocycles. The number of allylic oxidation sites excluding steroid dienone is 3. The first-order chi connectivity index (χ1) is 17.5. The molecule has 206 valence electrons. The summed E-state index contributed by atoms with van der Waals surface area (Å²) in [4.78, 5) is 7.31. The summed E-state index contributed by atoms with van der Waals surface area (Å²) in [5.41, 5.74) is 2.05. The van der Waals surface area contributed by atoms with E-state index >= 15 is 0 Å². The number of fused-ring (bicyclic) bond motifs is 1. The minimum Gasteiger partial charge on any atom is -0.356 e. The van der Waals surface area contributed by atoms with Crippen molar-refractivity contribution in [3.05, 3.63) is 58.8 Å². The van der Waals surface area contributed by atoms with Crippen molar-refractivity contribution >= 4 is 5.82 Å². The van der Waals surface area contributed by atoms with Crippen LogP contribution in [0.5, 0.6) is 0 Å². The Balaban J connectivity index is 1.83. The third-order valence-electron chi connectivity index (χ3n) is 7.12. The molecule has 3 rings (SSSR count). The minimum atomic E-state index is -4.70. The summed E-state index contributed by atoms with van der Waals surface area (Å²) in [7, 11) is 0. The topological polar surface area (TPSA) is 28.2 Å². The number of hydrogen-bond donors (Lipinski definition) is 1. The summed E-state index contributed by atoms with van der Waals surface area (Å²) in [5, 5.41) is 3.09. The molecule has 0 atom stereocenters. The monoisotopic (exact) mass is 529 g/mol. The van der Waals surface area contributed by atoms with E-state index in [2.05, 4.69) is 29.8 Å². The number of nitrogens with one attached hydrogen (secondary N) is 1. The van der Waals surface area contributed by atoms with Crippen LogP contribution < -0.4 is 10.2 Å². The molecule has 0 spiro atoms. The maximum atomic E-state index is 13.2. The third-order valence-corrected chi connectivity index (χ3v) is 7.12. The molecule has 1 aromatic heterocycles. The Morgan fingerprint density at radius 3 is 2.43 bits per heavy atom. The Kier molecular flexibility index (Phi) is 10.3. The molecule has 1 saturated carbocycles. The highest BCUT2D eigenvalue weighted by atomic mass is 19.4. The minimum absolute atomic E-state index is 0.0877. The van der Waals surface area contributed by atoms with Crippen LogP contribution in [-0.2, 0) is 19.4 Å². The lowest BCUT2D eigenvalue weighted by atomic mass is 9.94. The van der Waals surface area contributed by atoms with E-state index in [1.807, 2.05) is 0 Å². The van der Waals surface area contributed by atoms with E-state index < -0.39 is 24.3 Å². The van der Waals surface area contributed by atoms with Gasteiger partial charge in [0.15, 0.2) is 0 Å². The van der Waals surface area contributed by atoms with Crippen LogP contribution >= 0.6 is 0 Å². The highest BCUT2D eigenvalue weighted by Crippen LogP contribution is 2.31. The second-order valence-electron chi connectivity index (χ2n) is 9.98. The molecule has 37 heavy (non-hydrogen) atoms. The zero-order valence-corrected chi connectivity index (χ0v) is 21.4. The number of hydrogen-bond acceptors (Lipinski definition) is 3. The van der Waals surface area contributed by atoms with Crippen LogP contribution in [0.15, 0.2) is 42.0 Å². The predicted molar refractivity (Wildman–Crippen MR) is 136 cm³/mol. The van der Waals surface area contributed by atoms with E-state index in [-0.39, 0.29) is 12.1 Å². The van der Waals surface area contributed by atoms with E-state index in [0.29, 0.717) is 18.5 Å². The summed E-state index contributed by atoms with van der Waals surface area (Å²) in [5.74, 6) is 1.49. The molecule has 0 radical (unpaired) electrons. The van der Waals surface area contributed by atoms with Gasteiger partial charge in [-0.3, -0.25) is 0 Å². The van der Waals surface area contributed by atoms with Crippen LogP contribution in [0.4, 0.5) is 32.2 Å². The van der Waals surface area contributed by atoms with Crippen molar-refractivity contribution in [2.75, 3.05) is 24.5 Å². The second-order valence-corrected chi connectivity index (χ2v) is 9.98. The van der Waals surface area contributed by atoms with Gasteiger partial charge in [0.2, 0.25) is 0 Å². The summed E-state index contributed by atoms with van der Waals surface area (Å²) in [6.07, 6.45) is 0.523. The highest BCUT2D eigenvalue weighted by molar-refractivity contribution is 5.51. The largest absolute Gasteiger partial charge is 0.416 e. The van der Waals surface area contributed by atoms with Gasteiger partial charge in [0.1, 0.15) is 5.82 Å². The van der Waals surface area contributed by atoms with Gasteiger partial charge in [-0.05, 0) is 74.6 Å². The average Bonchev–Trinajstić information content (AvgIpc) is 3.35. The normalized spacial score (nSPS) is 17.7. The number of alkyl halides is 6. The molecule has 1 fully saturated rings. The summed E-state index contributed by atoms with van der Waals surface area (Å²) >= 11 is 0. The first kappa shape index (κ1) is 29.3. The fourth-order valence-electron chi connectivity index (χ4n) is 5.17. The number of anilines is 1. The van der Waals surface area contributed by atoms with Crippen molar-refractivity contribution < 1.29 is 26.3 Å². The van der Waals surface area contributed by atoms with Gasteiger partial charge in [-0.1, -0.05) is 31.6 Å². The summed E-state index contributed by atoms with van der Waals surface area (Å²) < 4.78 is 78.1. The maximum Gasteiger partial charge on any atom is 0.416 e. The van der Waals surface area contributed by atoms with E-state index in [0.717, 1.165) is 68.0 Å². The van der Waals surface area contributed by atoms with E-state index in [4.69, 9.17) is 4.98 Å². The summed E-state index contributed by atoms with van der Waals surface area (Å²) in [6, 6.07) is 2.13. The fourth-order valence-corrected chi connectivity index (χ4v) is 5.17. The van der Waals surface area contributed by atoms with Crippen LogP contribution in [-0.4, -0.2) is 37.0 Å². The molecule has 1 heterocycles. The smallest absolute Gasteiger partial charge is 0.356 e. The highest BCUT2D eigenvalue weighted by Gasteiger charge is 2.32. The Labute approximate surface area is 215 Å². The van der Waals surface area contributed by atoms with Gasteiger partial charge in [0, 0.05) is 37.4 Å². The zero-order valence-electron chi connectivity index (χ0n) is 21.4. The first-order valence-corrected chi connectivity index (χ1v) is 13.1. The zero-order chi connectivity index (χ0) is 27.1. The van der Waals surface area contributed by atoms with Gasteiger partial charge in [0.05, 0.1) is 12.0 Å². The van der Waals surface area contributed by atoms with Crippen molar-refractivity contribution in [3.63, 3.8) is 0 Å². The molecule has 2 aliphatic rings. The lowest BCUT2D eigenvalue weighted by Crippen LogP contribution is -2.31. The number of nitrogens with zero attached hydrogens (tertiary/aromatic N) is 2. The van der Waals surface area contributed by atoms with Crippen LogP contribution in [0.2, 0.25) is 0 Å². The Bertz CT molecular complexity index is 971. The lowest BCUT2D eigenvalue weighted by Gasteiger charge is -2.29. The molecule has 9 heteroatoms. The number of pyridine rings is 1. The third kappa shape index (κ3) is 8.90. The van der Waals surface area contributed by atoms with Crippen molar-refractivity contribution in [2.24, 2.45) is 5.92 Å². The molecular weight excluding hydrogens is 492 g/mol. The van der Waals surface area contributed by atoms with Crippen molar-refractivity contribution in [3.8, 4) is 0 Å². The van der Waals surface area contributed by atoms with Crippen molar-refractivity contribution in [1.29, 1.82) is 0 Å². The van der Waals surface area contributed by atoms with Crippen LogP contribution in [0.3, 0.4) is 0 Å². The van der Waals surface area contributed by atoms with E-state index in [1.165, 1.54) is 31.2 Å². The van der Waals surface area contributed by atoms with Gasteiger partial charge in [-0.25, -0.2) is 4.98 Å². The molecule has 0 bridgehead atoms. The van der Waals surface area contributed by atoms with Crippen LogP contribution in [0, 0.1) is 5.92 Å². The standard InChI is InChI=1S/C28H37F6N3/c1-3-24(28(32,33)34)15-21(13-14-27(29,30)31)17-35-18-23-16-22-11-7-8-12-25(22)36-26(23)37(4-2)19-20-9-5-6-10-20/h3,13,15-16,20,35H,1,4-12,14,17-19H2,2H3/b21-13+,24-15+. The van der Waals surface area contributed by atoms with Gasteiger partial charge in [-0.2, -0.15) is 26.3 Å². The Morgan fingerprint density at radius 1 is 1.11 bits per heavy atom. The molecular formula is C28H37F6N3. The van der Waals surface area contributed by atoms with E-state index in [1.54, 1.807) is 0 Å². The molecule has 1 N–H and O–H groups in total. The van der Waals surface area contributed by atoms with Crippen molar-refractivity contribution in [1.82, 2.24) is 10.3 Å². The summed E-state index contributed by atoms with van der Waals surface area (Å²) in [6.45, 7) is 7.09. The number of aryl methyl sites for hydroxylation is 2. The van der Waals surface area contributed by atoms with E-state index in [9.17, 15) is 26.3 Å². The quantitative estimate of drug-likeness (QED) is 0.236. The second kappa shape index (κ2) is 13.0. The molecule has 0 saturated heterocycles. The molecule has 3 nitrogen and oxygen atoms in total. The molecule has 2 aliphatic carbocycles. The van der Waals surface area contributed by atoms with Gasteiger partial charge < -0.3 is 10.2 Å². The van der Waals surface area contributed by atoms with Gasteiger partial charge >= 0.3 is 12.4 Å². The van der Waals surface area contributed by atoms with Gasteiger partial charge in [-0.15, -0.1) is 0 Å². The molecule has 0 amide bonds. The molecule has 0 aliphatic heterocycles. The maximum absolute atomic E-state index is 13.2.